The molecule has 182 valence electrons. The number of benzene rings is 3. The number of aryl methyl sites for hydroxylation is 1. The first-order valence-electron chi connectivity index (χ1n) is 11.5. The lowest BCUT2D eigenvalue weighted by Crippen LogP contribution is -2.54. The Morgan fingerprint density at radius 3 is 2.49 bits per heavy atom. The Bertz CT molecular complexity index is 1690. The van der Waals surface area contributed by atoms with Gasteiger partial charge in [0.25, 0.3) is 11.8 Å². The molecule has 7 nitrogen and oxygen atoms in total. The van der Waals surface area contributed by atoms with Gasteiger partial charge in [-0.05, 0) is 61.4 Å². The molecule has 0 bridgehead atoms. The summed E-state index contributed by atoms with van der Waals surface area (Å²) in [6.07, 6.45) is 1.55. The lowest BCUT2D eigenvalue weighted by molar-refractivity contribution is -0.122. The van der Waals surface area contributed by atoms with Crippen LogP contribution in [0.4, 0.5) is 10.5 Å². The summed E-state index contributed by atoms with van der Waals surface area (Å²) in [5.74, 6) is -1.44. The standard InChI is InChI=1S/C29H21BrN4O3/c1-17-13-21(11-12-25(17)30)34-28(36)24(27(35)32-29(34)37)14-23-18(2)33(26-10-6-5-9-22(23)26)16-20-8-4-3-7-19(20)15-31/h3-14H,16H2,1-2H3,(H,32,35,37)/b24-14+. The van der Waals surface area contributed by atoms with Gasteiger partial charge in [0, 0.05) is 33.2 Å². The van der Waals surface area contributed by atoms with E-state index in [1.807, 2.05) is 56.3 Å². The monoisotopic (exact) mass is 552 g/mol. The number of nitrogens with zero attached hydrogens (tertiary/aromatic N) is 3. The number of amides is 4. The van der Waals surface area contributed by atoms with Gasteiger partial charge in [-0.25, -0.2) is 9.69 Å². The number of barbiturate groups is 1. The summed E-state index contributed by atoms with van der Waals surface area (Å²) in [6.45, 7) is 4.21. The number of imide groups is 2. The number of rotatable bonds is 4. The van der Waals surface area contributed by atoms with Crippen LogP contribution >= 0.6 is 15.9 Å². The van der Waals surface area contributed by atoms with Gasteiger partial charge in [0.1, 0.15) is 5.57 Å². The molecule has 0 spiro atoms. The van der Waals surface area contributed by atoms with Gasteiger partial charge >= 0.3 is 6.03 Å². The summed E-state index contributed by atoms with van der Waals surface area (Å²) in [7, 11) is 0. The maximum absolute atomic E-state index is 13.5. The van der Waals surface area contributed by atoms with E-state index < -0.39 is 17.8 Å². The molecule has 1 aliphatic rings. The van der Waals surface area contributed by atoms with Crippen LogP contribution in [-0.4, -0.2) is 22.4 Å². The fourth-order valence-corrected chi connectivity index (χ4v) is 4.83. The van der Waals surface area contributed by atoms with E-state index >= 15 is 0 Å². The van der Waals surface area contributed by atoms with E-state index in [-0.39, 0.29) is 5.57 Å². The molecule has 2 heterocycles. The number of anilines is 1. The van der Waals surface area contributed by atoms with Crippen molar-refractivity contribution in [2.45, 2.75) is 20.4 Å². The number of carbonyl (C=O) groups excluding carboxylic acids is 3. The van der Waals surface area contributed by atoms with Crippen LogP contribution in [0.1, 0.15) is 27.9 Å². The average molecular weight is 553 g/mol. The number of urea groups is 1. The average Bonchev–Trinajstić information content (AvgIpc) is 3.14. The van der Waals surface area contributed by atoms with E-state index in [0.29, 0.717) is 23.4 Å². The summed E-state index contributed by atoms with van der Waals surface area (Å²) in [5.41, 5.74) is 4.95. The topological polar surface area (TPSA) is 95.2 Å². The van der Waals surface area contributed by atoms with Crippen molar-refractivity contribution in [1.29, 1.82) is 5.26 Å². The Balaban J connectivity index is 1.63. The largest absolute Gasteiger partial charge is 0.340 e. The highest BCUT2D eigenvalue weighted by Gasteiger charge is 2.37. The molecule has 0 aliphatic carbocycles. The highest BCUT2D eigenvalue weighted by Crippen LogP contribution is 2.31. The van der Waals surface area contributed by atoms with Crippen LogP contribution in [0.3, 0.4) is 0 Å². The van der Waals surface area contributed by atoms with Crippen LogP contribution in [-0.2, 0) is 16.1 Å². The molecule has 1 fully saturated rings. The first-order valence-corrected chi connectivity index (χ1v) is 12.3. The molecule has 0 saturated carbocycles. The molecule has 1 N–H and O–H groups in total. The molecule has 37 heavy (non-hydrogen) atoms. The van der Waals surface area contributed by atoms with E-state index in [0.717, 1.165) is 37.1 Å². The first-order chi connectivity index (χ1) is 17.8. The Hall–Kier alpha value is -4.48. The van der Waals surface area contributed by atoms with Gasteiger partial charge in [0.2, 0.25) is 0 Å². The molecule has 5 rings (SSSR count). The zero-order valence-corrected chi connectivity index (χ0v) is 21.7. The predicted octanol–water partition coefficient (Wildman–Crippen LogP) is 5.61. The van der Waals surface area contributed by atoms with Gasteiger partial charge in [0.05, 0.1) is 17.3 Å². The fraction of sp³-hybridized carbons (Fsp3) is 0.103. The van der Waals surface area contributed by atoms with E-state index in [4.69, 9.17) is 0 Å². The first kappa shape index (κ1) is 24.2. The predicted molar refractivity (Wildman–Crippen MR) is 145 cm³/mol. The van der Waals surface area contributed by atoms with Crippen LogP contribution in [0, 0.1) is 25.2 Å². The second kappa shape index (κ2) is 9.52. The number of hydrogen-bond acceptors (Lipinski definition) is 4. The zero-order chi connectivity index (χ0) is 26.3. The van der Waals surface area contributed by atoms with Crippen molar-refractivity contribution >= 4 is 56.4 Å². The molecule has 0 unspecified atom stereocenters. The Morgan fingerprint density at radius 2 is 1.73 bits per heavy atom. The van der Waals surface area contributed by atoms with Gasteiger partial charge in [-0.3, -0.25) is 14.9 Å². The normalized spacial score (nSPS) is 14.8. The number of aromatic nitrogens is 1. The van der Waals surface area contributed by atoms with Crippen LogP contribution in [0.25, 0.3) is 17.0 Å². The summed E-state index contributed by atoms with van der Waals surface area (Å²) in [6, 6.07) is 21.6. The molecular formula is C29H21BrN4O3. The zero-order valence-electron chi connectivity index (χ0n) is 20.1. The smallest absolute Gasteiger partial charge is 0.335 e. The molecule has 3 aromatic carbocycles. The summed E-state index contributed by atoms with van der Waals surface area (Å²) < 4.78 is 2.90. The maximum Gasteiger partial charge on any atom is 0.335 e. The lowest BCUT2D eigenvalue weighted by atomic mass is 10.0. The van der Waals surface area contributed by atoms with Gasteiger partial charge in [-0.1, -0.05) is 52.3 Å². The second-order valence-corrected chi connectivity index (χ2v) is 9.62. The molecule has 4 amide bonds. The van der Waals surface area contributed by atoms with Crippen LogP contribution < -0.4 is 10.2 Å². The van der Waals surface area contributed by atoms with Crippen LogP contribution in [0.2, 0.25) is 0 Å². The number of carbonyl (C=O) groups is 3. The molecule has 1 aromatic heterocycles. The molecule has 4 aromatic rings. The second-order valence-electron chi connectivity index (χ2n) is 8.76. The third-order valence-electron chi connectivity index (χ3n) is 6.54. The van der Waals surface area contributed by atoms with Gasteiger partial charge in [-0.2, -0.15) is 5.26 Å². The quantitative estimate of drug-likeness (QED) is 0.263. The van der Waals surface area contributed by atoms with Crippen molar-refractivity contribution in [3.63, 3.8) is 0 Å². The van der Waals surface area contributed by atoms with Crippen LogP contribution in [0.15, 0.2) is 76.8 Å². The molecular weight excluding hydrogens is 532 g/mol. The maximum atomic E-state index is 13.5. The molecule has 1 saturated heterocycles. The van der Waals surface area contributed by atoms with Gasteiger partial charge in [0.15, 0.2) is 0 Å². The van der Waals surface area contributed by atoms with Crippen molar-refractivity contribution < 1.29 is 14.4 Å². The highest BCUT2D eigenvalue weighted by molar-refractivity contribution is 9.10. The summed E-state index contributed by atoms with van der Waals surface area (Å²) in [4.78, 5) is 40.0. The minimum absolute atomic E-state index is 0.136. The Morgan fingerprint density at radius 1 is 1.00 bits per heavy atom. The number of para-hydroxylation sites is 1. The summed E-state index contributed by atoms with van der Waals surface area (Å²) in [5, 5.41) is 12.7. The van der Waals surface area contributed by atoms with E-state index in [1.54, 1.807) is 30.3 Å². The molecule has 0 atom stereocenters. The van der Waals surface area contributed by atoms with Gasteiger partial charge < -0.3 is 4.57 Å². The third kappa shape index (κ3) is 4.24. The van der Waals surface area contributed by atoms with Crippen molar-refractivity contribution in [1.82, 2.24) is 9.88 Å². The highest BCUT2D eigenvalue weighted by atomic mass is 79.9. The van der Waals surface area contributed by atoms with Crippen molar-refractivity contribution in [2.75, 3.05) is 4.90 Å². The number of halogens is 1. The minimum atomic E-state index is -0.791. The van der Waals surface area contributed by atoms with E-state index in [1.165, 1.54) is 0 Å². The molecule has 1 aliphatic heterocycles. The molecule has 0 radical (unpaired) electrons. The van der Waals surface area contributed by atoms with Crippen molar-refractivity contribution in [2.24, 2.45) is 0 Å². The van der Waals surface area contributed by atoms with Crippen molar-refractivity contribution in [3.05, 3.63) is 105 Å². The third-order valence-corrected chi connectivity index (χ3v) is 7.43. The van der Waals surface area contributed by atoms with E-state index in [2.05, 4.69) is 31.9 Å². The molecule has 8 heteroatoms. The number of hydrogen-bond donors (Lipinski definition) is 1. The number of fused-ring (bicyclic) bond motifs is 1. The Labute approximate surface area is 221 Å². The number of nitriles is 1. The fourth-order valence-electron chi connectivity index (χ4n) is 4.59. The minimum Gasteiger partial charge on any atom is -0.340 e. The lowest BCUT2D eigenvalue weighted by Gasteiger charge is -2.26. The number of nitrogens with one attached hydrogen (secondary N) is 1. The Kier molecular flexibility index (Phi) is 6.24. The summed E-state index contributed by atoms with van der Waals surface area (Å²) >= 11 is 3.43. The van der Waals surface area contributed by atoms with Crippen molar-refractivity contribution in [3.8, 4) is 6.07 Å². The van der Waals surface area contributed by atoms with E-state index in [9.17, 15) is 19.6 Å². The SMILES string of the molecule is Cc1cc(N2C(=O)NC(=O)/C(=C\c3c(C)n(Cc4ccccc4C#N)c4ccccc34)C2=O)ccc1Br. The van der Waals surface area contributed by atoms with Crippen LogP contribution in [0.5, 0.6) is 0 Å². The van der Waals surface area contributed by atoms with Gasteiger partial charge in [-0.15, -0.1) is 0 Å².